The molecular weight excluding hydrogens is 344 g/mol. The first-order valence-electron chi connectivity index (χ1n) is 7.75. The maximum Gasteiger partial charge on any atom is 0.244 e. The van der Waals surface area contributed by atoms with Crippen LogP contribution in [0.5, 0.6) is 5.75 Å². The molecule has 0 bridgehead atoms. The number of carbonyl (C=O) groups excluding carboxylic acids is 1. The number of amides is 1. The fourth-order valence-electron chi connectivity index (χ4n) is 2.33. The lowest BCUT2D eigenvalue weighted by atomic mass is 10.2. The molecule has 0 aliphatic carbocycles. The van der Waals surface area contributed by atoms with Gasteiger partial charge in [-0.1, -0.05) is 6.07 Å². The zero-order valence-corrected chi connectivity index (χ0v) is 15.3. The first-order valence-corrected chi connectivity index (χ1v) is 9.24. The van der Waals surface area contributed by atoms with Gasteiger partial charge in [0.2, 0.25) is 15.9 Å². The minimum Gasteiger partial charge on any atom is -0.495 e. The van der Waals surface area contributed by atoms with E-state index in [1.54, 1.807) is 37.3 Å². The minimum absolute atomic E-state index is 0.0791. The maximum absolute atomic E-state index is 12.5. The predicted molar refractivity (Wildman–Crippen MR) is 92.7 cm³/mol. The summed E-state index contributed by atoms with van der Waals surface area (Å²) in [6, 6.07) is 8.44. The molecular formula is C17H22N2O5S. The molecule has 1 aromatic carbocycles. The summed E-state index contributed by atoms with van der Waals surface area (Å²) in [6.07, 6.45) is 1.53. The summed E-state index contributed by atoms with van der Waals surface area (Å²) < 4.78 is 37.9. The van der Waals surface area contributed by atoms with Crippen LogP contribution in [0.25, 0.3) is 0 Å². The summed E-state index contributed by atoms with van der Waals surface area (Å²) in [6.45, 7) is 3.83. The number of aryl methyl sites for hydroxylation is 1. The minimum atomic E-state index is -3.75. The van der Waals surface area contributed by atoms with Gasteiger partial charge < -0.3 is 14.1 Å². The van der Waals surface area contributed by atoms with Crippen molar-refractivity contribution in [1.29, 1.82) is 0 Å². The highest BCUT2D eigenvalue weighted by Crippen LogP contribution is 2.24. The first kappa shape index (κ1) is 19.0. The van der Waals surface area contributed by atoms with Crippen LogP contribution in [-0.4, -0.2) is 39.4 Å². The van der Waals surface area contributed by atoms with Crippen molar-refractivity contribution in [2.45, 2.75) is 25.3 Å². The largest absolute Gasteiger partial charge is 0.495 e. The fourth-order valence-corrected chi connectivity index (χ4v) is 3.60. The first-order chi connectivity index (χ1) is 11.8. The zero-order valence-electron chi connectivity index (χ0n) is 14.5. The predicted octanol–water partition coefficient (Wildman–Crippen LogP) is 1.92. The van der Waals surface area contributed by atoms with Crippen molar-refractivity contribution in [3.63, 3.8) is 0 Å². The van der Waals surface area contributed by atoms with Crippen LogP contribution >= 0.6 is 0 Å². The van der Waals surface area contributed by atoms with Crippen LogP contribution < -0.4 is 9.46 Å². The molecule has 25 heavy (non-hydrogen) atoms. The molecule has 2 rings (SSSR count). The number of ether oxygens (including phenoxy) is 1. The van der Waals surface area contributed by atoms with E-state index in [0.717, 1.165) is 5.56 Å². The fraction of sp³-hybridized carbons (Fsp3) is 0.353. The van der Waals surface area contributed by atoms with Gasteiger partial charge in [-0.25, -0.2) is 13.1 Å². The normalized spacial score (nSPS) is 11.3. The Morgan fingerprint density at radius 2 is 2.08 bits per heavy atom. The highest BCUT2D eigenvalue weighted by molar-refractivity contribution is 7.89. The third kappa shape index (κ3) is 5.07. The van der Waals surface area contributed by atoms with Crippen LogP contribution in [0.3, 0.4) is 0 Å². The molecule has 0 saturated carbocycles. The summed E-state index contributed by atoms with van der Waals surface area (Å²) in [5.74, 6) is 0.749. The van der Waals surface area contributed by atoms with Crippen molar-refractivity contribution in [3.05, 3.63) is 47.9 Å². The van der Waals surface area contributed by atoms with E-state index in [-0.39, 0.29) is 36.2 Å². The standard InChI is InChI=1S/C17H22N2O5S/c1-13-6-7-16(23-3)17(11-13)25(21,22)18-8-9-19(14(2)20)12-15-5-4-10-24-15/h4-7,10-11,18H,8-9,12H2,1-3H3. The van der Waals surface area contributed by atoms with Crippen molar-refractivity contribution in [2.75, 3.05) is 20.2 Å². The van der Waals surface area contributed by atoms with Crippen LogP contribution in [0.4, 0.5) is 0 Å². The highest BCUT2D eigenvalue weighted by atomic mass is 32.2. The third-order valence-corrected chi connectivity index (χ3v) is 5.14. The molecule has 0 fully saturated rings. The van der Waals surface area contributed by atoms with E-state index in [4.69, 9.17) is 9.15 Å². The average molecular weight is 366 g/mol. The van der Waals surface area contributed by atoms with Gasteiger partial charge in [0.05, 0.1) is 19.9 Å². The van der Waals surface area contributed by atoms with E-state index in [0.29, 0.717) is 5.76 Å². The number of benzene rings is 1. The van der Waals surface area contributed by atoms with Crippen molar-refractivity contribution in [2.24, 2.45) is 0 Å². The molecule has 8 heteroatoms. The Bertz CT molecular complexity index is 816. The summed E-state index contributed by atoms with van der Waals surface area (Å²) in [5.41, 5.74) is 0.810. The monoisotopic (exact) mass is 366 g/mol. The number of furan rings is 1. The molecule has 0 radical (unpaired) electrons. The number of nitrogens with one attached hydrogen (secondary N) is 1. The van der Waals surface area contributed by atoms with Crippen molar-refractivity contribution >= 4 is 15.9 Å². The topological polar surface area (TPSA) is 88.8 Å². The Hall–Kier alpha value is -2.32. The van der Waals surface area contributed by atoms with E-state index in [9.17, 15) is 13.2 Å². The van der Waals surface area contributed by atoms with E-state index < -0.39 is 10.0 Å². The molecule has 1 N–H and O–H groups in total. The summed E-state index contributed by atoms with van der Waals surface area (Å²) in [4.78, 5) is 13.3. The van der Waals surface area contributed by atoms with Crippen LogP contribution in [-0.2, 0) is 21.4 Å². The van der Waals surface area contributed by atoms with Gasteiger partial charge in [0, 0.05) is 20.0 Å². The van der Waals surface area contributed by atoms with E-state index in [1.165, 1.54) is 25.2 Å². The van der Waals surface area contributed by atoms with Gasteiger partial charge in [-0.05, 0) is 36.8 Å². The van der Waals surface area contributed by atoms with Gasteiger partial charge in [0.25, 0.3) is 0 Å². The number of nitrogens with zero attached hydrogens (tertiary/aromatic N) is 1. The Balaban J connectivity index is 2.03. The lowest BCUT2D eigenvalue weighted by Crippen LogP contribution is -2.37. The van der Waals surface area contributed by atoms with Crippen LogP contribution in [0, 0.1) is 6.92 Å². The van der Waals surface area contributed by atoms with Crippen molar-refractivity contribution < 1.29 is 22.4 Å². The van der Waals surface area contributed by atoms with Gasteiger partial charge in [-0.2, -0.15) is 0 Å². The molecule has 0 unspecified atom stereocenters. The Morgan fingerprint density at radius 3 is 2.68 bits per heavy atom. The second kappa shape index (κ2) is 8.17. The summed E-state index contributed by atoms with van der Waals surface area (Å²) >= 11 is 0. The van der Waals surface area contributed by atoms with Crippen LogP contribution in [0.1, 0.15) is 18.2 Å². The SMILES string of the molecule is COc1ccc(C)cc1S(=O)(=O)NCCN(Cc1ccco1)C(C)=O. The zero-order chi connectivity index (χ0) is 18.4. The summed E-state index contributed by atoms with van der Waals surface area (Å²) in [7, 11) is -2.32. The van der Waals surface area contributed by atoms with Gasteiger partial charge in [0.15, 0.2) is 0 Å². The second-order valence-corrected chi connectivity index (χ2v) is 7.31. The number of hydrogen-bond acceptors (Lipinski definition) is 5. The summed E-state index contributed by atoms with van der Waals surface area (Å²) in [5, 5.41) is 0. The number of rotatable bonds is 8. The van der Waals surface area contributed by atoms with E-state index in [1.807, 2.05) is 0 Å². The van der Waals surface area contributed by atoms with Crippen molar-refractivity contribution in [3.8, 4) is 5.75 Å². The van der Waals surface area contributed by atoms with Gasteiger partial charge in [-0.3, -0.25) is 4.79 Å². The smallest absolute Gasteiger partial charge is 0.244 e. The van der Waals surface area contributed by atoms with Gasteiger partial charge >= 0.3 is 0 Å². The van der Waals surface area contributed by atoms with Crippen molar-refractivity contribution in [1.82, 2.24) is 9.62 Å². The van der Waals surface area contributed by atoms with E-state index >= 15 is 0 Å². The molecule has 7 nitrogen and oxygen atoms in total. The van der Waals surface area contributed by atoms with E-state index in [2.05, 4.69) is 4.72 Å². The quantitative estimate of drug-likeness (QED) is 0.771. The number of hydrogen-bond donors (Lipinski definition) is 1. The third-order valence-electron chi connectivity index (χ3n) is 3.65. The average Bonchev–Trinajstić information content (AvgIpc) is 3.06. The Labute approximate surface area is 147 Å². The molecule has 1 amide bonds. The maximum atomic E-state index is 12.5. The Kier molecular flexibility index (Phi) is 6.22. The van der Waals surface area contributed by atoms with Crippen LogP contribution in [0.15, 0.2) is 45.9 Å². The molecule has 2 aromatic rings. The molecule has 0 spiro atoms. The molecule has 0 aliphatic heterocycles. The number of carbonyl (C=O) groups is 1. The van der Waals surface area contributed by atoms with Crippen LogP contribution in [0.2, 0.25) is 0 Å². The Morgan fingerprint density at radius 1 is 1.32 bits per heavy atom. The molecule has 0 aliphatic rings. The highest BCUT2D eigenvalue weighted by Gasteiger charge is 2.20. The molecule has 1 heterocycles. The molecule has 0 saturated heterocycles. The number of sulfonamides is 1. The molecule has 1 aromatic heterocycles. The second-order valence-electron chi connectivity index (χ2n) is 5.57. The molecule has 0 atom stereocenters. The lowest BCUT2D eigenvalue weighted by molar-refractivity contribution is -0.129. The molecule has 136 valence electrons. The lowest BCUT2D eigenvalue weighted by Gasteiger charge is -2.20. The van der Waals surface area contributed by atoms with Gasteiger partial charge in [0.1, 0.15) is 16.4 Å². The number of methoxy groups -OCH3 is 1. The van der Waals surface area contributed by atoms with Gasteiger partial charge in [-0.15, -0.1) is 0 Å².